The summed E-state index contributed by atoms with van der Waals surface area (Å²) in [6.45, 7) is 5.61. The summed E-state index contributed by atoms with van der Waals surface area (Å²) < 4.78 is 6.64. The van der Waals surface area contributed by atoms with Crippen molar-refractivity contribution in [3.05, 3.63) is 66.2 Å². The molecule has 1 N–H and O–H groups in total. The van der Waals surface area contributed by atoms with Crippen LogP contribution in [0.5, 0.6) is 0 Å². The Balaban J connectivity index is 1.90. The highest BCUT2D eigenvalue weighted by atomic mass is 16.5. The number of rotatable bonds is 8. The maximum atomic E-state index is 12.8. The van der Waals surface area contributed by atoms with Crippen molar-refractivity contribution in [2.24, 2.45) is 0 Å². The molecule has 1 heterocycles. The minimum absolute atomic E-state index is 0.0646. The average Bonchev–Trinajstić information content (AvgIpc) is 3.16. The summed E-state index contributed by atoms with van der Waals surface area (Å²) in [5.74, 6) is 0.00583. The van der Waals surface area contributed by atoms with Crippen LogP contribution in [0.15, 0.2) is 60.7 Å². The fourth-order valence-electron chi connectivity index (χ4n) is 3.21. The van der Waals surface area contributed by atoms with Crippen LogP contribution in [0.25, 0.3) is 16.9 Å². The molecule has 2 amide bonds. The second-order valence-electron chi connectivity index (χ2n) is 7.62. The normalized spacial score (nSPS) is 10.9. The zero-order valence-corrected chi connectivity index (χ0v) is 18.3. The highest BCUT2D eigenvalue weighted by Gasteiger charge is 2.21. The van der Waals surface area contributed by atoms with Crippen molar-refractivity contribution in [1.82, 2.24) is 14.7 Å². The van der Waals surface area contributed by atoms with Gasteiger partial charge in [-0.2, -0.15) is 5.10 Å². The second-order valence-corrected chi connectivity index (χ2v) is 7.62. The number of carbonyl (C=O) groups is 2. The average molecular weight is 421 g/mol. The van der Waals surface area contributed by atoms with E-state index in [-0.39, 0.29) is 31.0 Å². The first-order valence-corrected chi connectivity index (χ1v) is 10.2. The number of methoxy groups -OCH3 is 1. The summed E-state index contributed by atoms with van der Waals surface area (Å²) in [5.41, 5.74) is 3.66. The van der Waals surface area contributed by atoms with Gasteiger partial charge in [-0.25, -0.2) is 4.68 Å². The number of carbonyl (C=O) groups excluding carboxylic acids is 2. The Kier molecular flexibility index (Phi) is 7.20. The van der Waals surface area contributed by atoms with Crippen LogP contribution in [0, 0.1) is 6.92 Å². The van der Waals surface area contributed by atoms with Gasteiger partial charge in [0.05, 0.1) is 11.4 Å². The Bertz CT molecular complexity index is 1030. The number of nitrogens with one attached hydrogen (secondary N) is 1. The molecule has 162 valence electrons. The molecule has 1 aromatic heterocycles. The van der Waals surface area contributed by atoms with Crippen molar-refractivity contribution in [3.63, 3.8) is 0 Å². The second kappa shape index (κ2) is 10.0. The first kappa shape index (κ1) is 22.2. The standard InChI is InChI=1S/C24H28N4O3/c1-17(2)27(24(30)16-31-4)15-23(29)25-22-14-21(19-8-6-5-7-9-19)26-28(22)20-12-10-18(3)11-13-20/h5-14,17H,15-16H2,1-4H3,(H,25,29). The van der Waals surface area contributed by atoms with Gasteiger partial charge in [0.2, 0.25) is 11.8 Å². The van der Waals surface area contributed by atoms with Crippen LogP contribution in [0.4, 0.5) is 5.82 Å². The Hall–Kier alpha value is -3.45. The molecule has 0 saturated carbocycles. The molecule has 2 aromatic carbocycles. The van der Waals surface area contributed by atoms with Crippen molar-refractivity contribution >= 4 is 17.6 Å². The predicted molar refractivity (Wildman–Crippen MR) is 121 cm³/mol. The molecule has 0 radical (unpaired) electrons. The molecule has 7 heteroatoms. The number of aryl methyl sites for hydroxylation is 1. The molecule has 0 aliphatic heterocycles. The quantitative estimate of drug-likeness (QED) is 0.603. The lowest BCUT2D eigenvalue weighted by atomic mass is 10.1. The van der Waals surface area contributed by atoms with Crippen LogP contribution >= 0.6 is 0 Å². The number of hydrogen-bond acceptors (Lipinski definition) is 4. The smallest absolute Gasteiger partial charge is 0.249 e. The molecule has 3 aromatic rings. The predicted octanol–water partition coefficient (Wildman–Crippen LogP) is 3.67. The van der Waals surface area contributed by atoms with Crippen LogP contribution in [-0.2, 0) is 14.3 Å². The Morgan fingerprint density at radius 3 is 2.39 bits per heavy atom. The van der Waals surface area contributed by atoms with Crippen LogP contribution in [0.1, 0.15) is 19.4 Å². The third-order valence-corrected chi connectivity index (χ3v) is 4.85. The van der Waals surface area contributed by atoms with Crippen LogP contribution in [0.2, 0.25) is 0 Å². The lowest BCUT2D eigenvalue weighted by molar-refractivity contribution is -0.139. The summed E-state index contributed by atoms with van der Waals surface area (Å²) in [5, 5.41) is 7.64. The van der Waals surface area contributed by atoms with Gasteiger partial charge < -0.3 is 15.0 Å². The minimum atomic E-state index is -0.300. The van der Waals surface area contributed by atoms with Crippen molar-refractivity contribution in [1.29, 1.82) is 0 Å². The van der Waals surface area contributed by atoms with Crippen molar-refractivity contribution in [2.75, 3.05) is 25.6 Å². The summed E-state index contributed by atoms with van der Waals surface area (Å²) in [4.78, 5) is 26.6. The number of benzene rings is 2. The first-order valence-electron chi connectivity index (χ1n) is 10.2. The topological polar surface area (TPSA) is 76.5 Å². The van der Waals surface area contributed by atoms with E-state index in [9.17, 15) is 9.59 Å². The number of nitrogens with zero attached hydrogens (tertiary/aromatic N) is 3. The molecule has 0 atom stereocenters. The number of anilines is 1. The van der Waals surface area contributed by atoms with E-state index in [1.54, 1.807) is 4.68 Å². The van der Waals surface area contributed by atoms with Crippen molar-refractivity contribution in [3.8, 4) is 16.9 Å². The van der Waals surface area contributed by atoms with E-state index in [0.29, 0.717) is 5.82 Å². The highest BCUT2D eigenvalue weighted by Crippen LogP contribution is 2.25. The fourth-order valence-corrected chi connectivity index (χ4v) is 3.21. The van der Waals surface area contributed by atoms with Crippen LogP contribution in [0.3, 0.4) is 0 Å². The first-order chi connectivity index (χ1) is 14.9. The van der Waals surface area contributed by atoms with Gasteiger partial charge in [-0.1, -0.05) is 48.0 Å². The van der Waals surface area contributed by atoms with E-state index in [4.69, 9.17) is 9.84 Å². The van der Waals surface area contributed by atoms with Gasteiger partial charge in [-0.3, -0.25) is 9.59 Å². The van der Waals surface area contributed by atoms with E-state index in [1.165, 1.54) is 12.0 Å². The summed E-state index contributed by atoms with van der Waals surface area (Å²) in [6, 6.07) is 19.4. The van der Waals surface area contributed by atoms with Gasteiger partial charge in [0.1, 0.15) is 19.0 Å². The van der Waals surface area contributed by atoms with Gasteiger partial charge in [0.25, 0.3) is 0 Å². The van der Waals surface area contributed by atoms with Gasteiger partial charge in [-0.05, 0) is 32.9 Å². The van der Waals surface area contributed by atoms with Crippen molar-refractivity contribution in [2.45, 2.75) is 26.8 Å². The Labute approximate surface area is 182 Å². The summed E-state index contributed by atoms with van der Waals surface area (Å²) >= 11 is 0. The maximum Gasteiger partial charge on any atom is 0.249 e. The third kappa shape index (κ3) is 5.58. The SMILES string of the molecule is COCC(=O)N(CC(=O)Nc1cc(-c2ccccc2)nn1-c1ccc(C)cc1)C(C)C. The lowest BCUT2D eigenvalue weighted by Crippen LogP contribution is -2.44. The molecule has 7 nitrogen and oxygen atoms in total. The molecule has 0 bridgehead atoms. The number of aromatic nitrogens is 2. The van der Waals surface area contributed by atoms with E-state index in [0.717, 1.165) is 22.5 Å². The van der Waals surface area contributed by atoms with Gasteiger partial charge in [0.15, 0.2) is 0 Å². The molecule has 0 aliphatic rings. The molecular weight excluding hydrogens is 392 g/mol. The molecule has 3 rings (SSSR count). The zero-order valence-electron chi connectivity index (χ0n) is 18.3. The minimum Gasteiger partial charge on any atom is -0.375 e. The summed E-state index contributed by atoms with van der Waals surface area (Å²) in [7, 11) is 1.46. The molecular formula is C24H28N4O3. The monoisotopic (exact) mass is 420 g/mol. The van der Waals surface area contributed by atoms with Crippen LogP contribution < -0.4 is 5.32 Å². The molecule has 0 fully saturated rings. The van der Waals surface area contributed by atoms with Gasteiger partial charge >= 0.3 is 0 Å². The van der Waals surface area contributed by atoms with Crippen LogP contribution in [-0.4, -0.2) is 52.8 Å². The molecule has 0 spiro atoms. The van der Waals surface area contributed by atoms with Crippen molar-refractivity contribution < 1.29 is 14.3 Å². The molecule has 0 aliphatic carbocycles. The van der Waals surface area contributed by atoms with Gasteiger partial charge in [0, 0.05) is 24.8 Å². The molecule has 0 saturated heterocycles. The number of hydrogen-bond donors (Lipinski definition) is 1. The Morgan fingerprint density at radius 2 is 1.77 bits per heavy atom. The number of ether oxygens (including phenoxy) is 1. The van der Waals surface area contributed by atoms with E-state index in [2.05, 4.69) is 5.32 Å². The summed E-state index contributed by atoms with van der Waals surface area (Å²) in [6.07, 6.45) is 0. The van der Waals surface area contributed by atoms with E-state index in [1.807, 2.05) is 81.4 Å². The van der Waals surface area contributed by atoms with E-state index < -0.39 is 0 Å². The lowest BCUT2D eigenvalue weighted by Gasteiger charge is -2.25. The fraction of sp³-hybridized carbons (Fsp3) is 0.292. The highest BCUT2D eigenvalue weighted by molar-refractivity contribution is 5.94. The van der Waals surface area contributed by atoms with E-state index >= 15 is 0 Å². The Morgan fingerprint density at radius 1 is 1.10 bits per heavy atom. The largest absolute Gasteiger partial charge is 0.375 e. The molecule has 0 unspecified atom stereocenters. The maximum absolute atomic E-state index is 12.8. The van der Waals surface area contributed by atoms with Gasteiger partial charge in [-0.15, -0.1) is 0 Å². The number of amides is 2. The molecule has 31 heavy (non-hydrogen) atoms. The third-order valence-electron chi connectivity index (χ3n) is 4.85. The zero-order chi connectivity index (χ0) is 22.4.